The molecule has 0 saturated carbocycles. The molecule has 1 amide bonds. The first-order chi connectivity index (χ1) is 12.1. The lowest BCUT2D eigenvalue weighted by atomic mass is 9.96. The molecule has 1 aromatic carbocycles. The quantitative estimate of drug-likeness (QED) is 0.888. The Labute approximate surface area is 151 Å². The Kier molecular flexibility index (Phi) is 5.94. The molecule has 132 valence electrons. The van der Waals surface area contributed by atoms with Gasteiger partial charge in [0.15, 0.2) is 0 Å². The Bertz CT molecular complexity index is 700. The summed E-state index contributed by atoms with van der Waals surface area (Å²) in [6.45, 7) is 3.39. The number of aromatic nitrogens is 2. The van der Waals surface area contributed by atoms with E-state index >= 15 is 0 Å². The Balaban J connectivity index is 1.44. The van der Waals surface area contributed by atoms with Crippen LogP contribution in [0.25, 0.3) is 0 Å². The van der Waals surface area contributed by atoms with Crippen molar-refractivity contribution >= 4 is 17.5 Å². The highest BCUT2D eigenvalue weighted by Gasteiger charge is 2.20. The van der Waals surface area contributed by atoms with Crippen molar-refractivity contribution in [2.24, 2.45) is 5.92 Å². The molecule has 25 heavy (non-hydrogen) atoms. The molecule has 2 heterocycles. The van der Waals surface area contributed by atoms with Gasteiger partial charge in [-0.25, -0.2) is 14.4 Å². The second kappa shape index (κ2) is 8.36. The van der Waals surface area contributed by atoms with Gasteiger partial charge in [0.2, 0.25) is 0 Å². The van der Waals surface area contributed by atoms with Crippen LogP contribution in [0.2, 0.25) is 5.02 Å². The number of benzene rings is 1. The number of carbonyl (C=O) groups is 1. The van der Waals surface area contributed by atoms with Crippen molar-refractivity contribution in [3.8, 4) is 0 Å². The van der Waals surface area contributed by atoms with Crippen molar-refractivity contribution in [3.05, 3.63) is 58.9 Å². The van der Waals surface area contributed by atoms with Gasteiger partial charge in [-0.2, -0.15) is 0 Å². The largest absolute Gasteiger partial charge is 0.352 e. The number of hydrogen-bond acceptors (Lipinski definition) is 4. The summed E-state index contributed by atoms with van der Waals surface area (Å²) >= 11 is 5.79. The van der Waals surface area contributed by atoms with Crippen LogP contribution in [0.4, 0.5) is 4.39 Å². The van der Waals surface area contributed by atoms with E-state index in [-0.39, 0.29) is 16.5 Å². The molecule has 1 aromatic heterocycles. The van der Waals surface area contributed by atoms with Gasteiger partial charge in [-0.05, 0) is 50.0 Å². The maximum absolute atomic E-state index is 13.3. The molecular formula is C18H20ClFN4O. The van der Waals surface area contributed by atoms with E-state index in [9.17, 15) is 9.18 Å². The number of carbonyl (C=O) groups excluding carboxylic acids is 1. The lowest BCUT2D eigenvalue weighted by Crippen LogP contribution is -2.38. The number of rotatable bonds is 5. The van der Waals surface area contributed by atoms with E-state index in [0.29, 0.717) is 12.5 Å². The fourth-order valence-corrected chi connectivity index (χ4v) is 3.26. The first kappa shape index (κ1) is 17.8. The standard InChI is InChI=1S/C18H20ClFN4O/c19-16-5-15(6-17(20)7-16)18(25)23-10-13-1-3-24(4-2-13)11-14-8-21-12-22-9-14/h5-9,12-13H,1-4,10-11H2,(H,23,25). The molecule has 1 N–H and O–H groups in total. The van der Waals surface area contributed by atoms with Crippen molar-refractivity contribution in [2.45, 2.75) is 19.4 Å². The van der Waals surface area contributed by atoms with Crippen LogP contribution in [-0.2, 0) is 6.54 Å². The molecule has 0 unspecified atom stereocenters. The smallest absolute Gasteiger partial charge is 0.251 e. The fraction of sp³-hybridized carbons (Fsp3) is 0.389. The van der Waals surface area contributed by atoms with E-state index in [4.69, 9.17) is 11.6 Å². The normalized spacial score (nSPS) is 15.9. The van der Waals surface area contributed by atoms with E-state index in [0.717, 1.165) is 38.0 Å². The van der Waals surface area contributed by atoms with Crippen LogP contribution in [-0.4, -0.2) is 40.4 Å². The predicted molar refractivity (Wildman–Crippen MR) is 93.8 cm³/mol. The monoisotopic (exact) mass is 362 g/mol. The summed E-state index contributed by atoms with van der Waals surface area (Å²) in [4.78, 5) is 22.6. The molecule has 1 aliphatic heterocycles. The van der Waals surface area contributed by atoms with E-state index < -0.39 is 5.82 Å². The highest BCUT2D eigenvalue weighted by Crippen LogP contribution is 2.19. The third-order valence-electron chi connectivity index (χ3n) is 4.40. The van der Waals surface area contributed by atoms with Crippen molar-refractivity contribution in [1.82, 2.24) is 20.2 Å². The van der Waals surface area contributed by atoms with Gasteiger partial charge in [-0.3, -0.25) is 9.69 Å². The van der Waals surface area contributed by atoms with Crippen molar-refractivity contribution in [1.29, 1.82) is 0 Å². The first-order valence-electron chi connectivity index (χ1n) is 8.30. The number of nitrogens with zero attached hydrogens (tertiary/aromatic N) is 3. The summed E-state index contributed by atoms with van der Waals surface area (Å²) in [6.07, 6.45) is 7.23. The highest BCUT2D eigenvalue weighted by molar-refractivity contribution is 6.31. The molecule has 3 rings (SSSR count). The van der Waals surface area contributed by atoms with E-state index in [1.54, 1.807) is 0 Å². The third-order valence-corrected chi connectivity index (χ3v) is 4.62. The summed E-state index contributed by atoms with van der Waals surface area (Å²) in [5.74, 6) is -0.364. The number of amides is 1. The Morgan fingerprint density at radius 1 is 1.24 bits per heavy atom. The SMILES string of the molecule is O=C(NCC1CCN(Cc2cncnc2)CC1)c1cc(F)cc(Cl)c1. The molecule has 1 aliphatic rings. The fourth-order valence-electron chi connectivity index (χ4n) is 3.04. The highest BCUT2D eigenvalue weighted by atomic mass is 35.5. The number of hydrogen-bond donors (Lipinski definition) is 1. The molecule has 5 nitrogen and oxygen atoms in total. The lowest BCUT2D eigenvalue weighted by Gasteiger charge is -2.31. The molecule has 0 atom stereocenters. The molecule has 0 bridgehead atoms. The maximum atomic E-state index is 13.3. The molecule has 2 aromatic rings. The Hall–Kier alpha value is -2.05. The zero-order chi connectivity index (χ0) is 17.6. The molecule has 7 heteroatoms. The first-order valence-corrected chi connectivity index (χ1v) is 8.68. The summed E-state index contributed by atoms with van der Waals surface area (Å²) in [5, 5.41) is 3.11. The molecule has 0 aliphatic carbocycles. The number of piperidine rings is 1. The maximum Gasteiger partial charge on any atom is 0.251 e. The van der Waals surface area contributed by atoms with Crippen molar-refractivity contribution in [3.63, 3.8) is 0 Å². The Morgan fingerprint density at radius 2 is 1.96 bits per heavy atom. The molecule has 1 saturated heterocycles. The predicted octanol–water partition coefficient (Wildman–Crippen LogP) is 2.91. The van der Waals surface area contributed by atoms with Gasteiger partial charge in [0.1, 0.15) is 12.1 Å². The van der Waals surface area contributed by atoms with Gasteiger partial charge in [0.25, 0.3) is 5.91 Å². The molecule has 0 radical (unpaired) electrons. The van der Waals surface area contributed by atoms with E-state index in [1.807, 2.05) is 12.4 Å². The van der Waals surface area contributed by atoms with Crippen LogP contribution in [0.1, 0.15) is 28.8 Å². The van der Waals surface area contributed by atoms with Crippen LogP contribution in [0, 0.1) is 11.7 Å². The van der Waals surface area contributed by atoms with Crippen molar-refractivity contribution in [2.75, 3.05) is 19.6 Å². The molecular weight excluding hydrogens is 343 g/mol. The van der Waals surface area contributed by atoms with Crippen LogP contribution < -0.4 is 5.32 Å². The number of halogens is 2. The van der Waals surface area contributed by atoms with E-state index in [1.165, 1.54) is 24.5 Å². The minimum Gasteiger partial charge on any atom is -0.352 e. The zero-order valence-electron chi connectivity index (χ0n) is 13.8. The van der Waals surface area contributed by atoms with Gasteiger partial charge >= 0.3 is 0 Å². The van der Waals surface area contributed by atoms with Gasteiger partial charge in [-0.1, -0.05) is 11.6 Å². The summed E-state index contributed by atoms with van der Waals surface area (Å²) in [7, 11) is 0. The zero-order valence-corrected chi connectivity index (χ0v) is 14.5. The summed E-state index contributed by atoms with van der Waals surface area (Å²) in [6, 6.07) is 3.86. The van der Waals surface area contributed by atoms with Gasteiger partial charge < -0.3 is 5.32 Å². The van der Waals surface area contributed by atoms with Crippen LogP contribution in [0.5, 0.6) is 0 Å². The Morgan fingerprint density at radius 3 is 2.64 bits per heavy atom. The summed E-state index contributed by atoms with van der Waals surface area (Å²) < 4.78 is 13.3. The van der Waals surface area contributed by atoms with Gasteiger partial charge in [0.05, 0.1) is 0 Å². The second-order valence-corrected chi connectivity index (χ2v) is 6.77. The molecule has 0 spiro atoms. The van der Waals surface area contributed by atoms with Crippen LogP contribution in [0.15, 0.2) is 36.9 Å². The topological polar surface area (TPSA) is 58.1 Å². The average molecular weight is 363 g/mol. The van der Waals surface area contributed by atoms with Crippen LogP contribution in [0.3, 0.4) is 0 Å². The molecule has 1 fully saturated rings. The average Bonchev–Trinajstić information content (AvgIpc) is 2.61. The second-order valence-electron chi connectivity index (χ2n) is 6.33. The summed E-state index contributed by atoms with van der Waals surface area (Å²) in [5.41, 5.74) is 1.36. The van der Waals surface area contributed by atoms with E-state index in [2.05, 4.69) is 20.2 Å². The van der Waals surface area contributed by atoms with Gasteiger partial charge in [-0.15, -0.1) is 0 Å². The number of nitrogens with one attached hydrogen (secondary N) is 1. The van der Waals surface area contributed by atoms with Crippen molar-refractivity contribution < 1.29 is 9.18 Å². The minimum absolute atomic E-state index is 0.225. The van der Waals surface area contributed by atoms with Crippen LogP contribution >= 0.6 is 11.6 Å². The third kappa shape index (κ3) is 5.21. The number of likely N-dealkylation sites (tertiary alicyclic amines) is 1. The lowest BCUT2D eigenvalue weighted by molar-refractivity contribution is 0.0934. The minimum atomic E-state index is -0.504. The van der Waals surface area contributed by atoms with Gasteiger partial charge in [0, 0.05) is 41.6 Å².